The molecule has 0 aliphatic carbocycles. The number of carbonyl (C=O) groups excluding carboxylic acids is 1. The summed E-state index contributed by atoms with van der Waals surface area (Å²) in [5.41, 5.74) is 8.11. The third-order valence-electron chi connectivity index (χ3n) is 2.69. The van der Waals surface area contributed by atoms with Crippen LogP contribution >= 0.6 is 23.2 Å². The molecule has 0 bridgehead atoms. The van der Waals surface area contributed by atoms with Crippen LogP contribution in [-0.4, -0.2) is 5.91 Å². The molecule has 0 fully saturated rings. The smallest absolute Gasteiger partial charge is 0.255 e. The molecule has 98 valence electrons. The molecule has 2 aromatic rings. The normalized spacial score (nSPS) is 10.3. The van der Waals surface area contributed by atoms with Crippen LogP contribution < -0.4 is 11.1 Å². The Morgan fingerprint density at radius 3 is 2.53 bits per heavy atom. The Morgan fingerprint density at radius 1 is 1.16 bits per heavy atom. The molecule has 0 saturated heterocycles. The van der Waals surface area contributed by atoms with E-state index in [0.717, 1.165) is 5.56 Å². The molecule has 2 rings (SSSR count). The summed E-state index contributed by atoms with van der Waals surface area (Å²) in [7, 11) is 0. The van der Waals surface area contributed by atoms with Gasteiger partial charge >= 0.3 is 0 Å². The van der Waals surface area contributed by atoms with Crippen molar-refractivity contribution in [2.75, 3.05) is 11.1 Å². The molecule has 2 aromatic carbocycles. The molecule has 0 spiro atoms. The minimum Gasteiger partial charge on any atom is -0.398 e. The van der Waals surface area contributed by atoms with Gasteiger partial charge in [0.15, 0.2) is 0 Å². The Kier molecular flexibility index (Phi) is 3.98. The first-order chi connectivity index (χ1) is 8.97. The monoisotopic (exact) mass is 294 g/mol. The second-order valence-corrected chi connectivity index (χ2v) is 4.99. The van der Waals surface area contributed by atoms with Crippen molar-refractivity contribution in [3.63, 3.8) is 0 Å². The SMILES string of the molecule is Cc1cc(Cl)ccc1NC(=O)c1ccc(Cl)c(N)c1. The summed E-state index contributed by atoms with van der Waals surface area (Å²) in [5, 5.41) is 3.86. The maximum absolute atomic E-state index is 12.1. The lowest BCUT2D eigenvalue weighted by Crippen LogP contribution is -2.13. The lowest BCUT2D eigenvalue weighted by atomic mass is 10.1. The van der Waals surface area contributed by atoms with E-state index in [9.17, 15) is 4.79 Å². The number of nitrogens with one attached hydrogen (secondary N) is 1. The molecule has 0 heterocycles. The topological polar surface area (TPSA) is 55.1 Å². The summed E-state index contributed by atoms with van der Waals surface area (Å²) in [6, 6.07) is 10.0. The van der Waals surface area contributed by atoms with Gasteiger partial charge in [0, 0.05) is 16.3 Å². The Labute approximate surface area is 121 Å². The highest BCUT2D eigenvalue weighted by Gasteiger charge is 2.09. The number of benzene rings is 2. The minimum atomic E-state index is -0.242. The number of anilines is 2. The van der Waals surface area contributed by atoms with Crippen LogP contribution in [0.5, 0.6) is 0 Å². The molecule has 0 aliphatic heterocycles. The van der Waals surface area contributed by atoms with Gasteiger partial charge in [0.1, 0.15) is 0 Å². The number of hydrogen-bond acceptors (Lipinski definition) is 2. The molecule has 19 heavy (non-hydrogen) atoms. The number of halogens is 2. The van der Waals surface area contributed by atoms with Crippen LogP contribution in [0.2, 0.25) is 10.0 Å². The average Bonchev–Trinajstić information content (AvgIpc) is 2.36. The van der Waals surface area contributed by atoms with E-state index in [0.29, 0.717) is 27.0 Å². The molecular weight excluding hydrogens is 283 g/mol. The van der Waals surface area contributed by atoms with Gasteiger partial charge < -0.3 is 11.1 Å². The molecular formula is C14H12Cl2N2O. The Bertz CT molecular complexity index is 641. The predicted octanol–water partition coefficient (Wildman–Crippen LogP) is 4.14. The number of nitrogens with two attached hydrogens (primary N) is 1. The molecule has 0 radical (unpaired) electrons. The van der Waals surface area contributed by atoms with Crippen LogP contribution in [0.25, 0.3) is 0 Å². The van der Waals surface area contributed by atoms with E-state index in [4.69, 9.17) is 28.9 Å². The molecule has 0 unspecified atom stereocenters. The summed E-state index contributed by atoms with van der Waals surface area (Å²) in [4.78, 5) is 12.1. The van der Waals surface area contributed by atoms with Crippen LogP contribution in [0.4, 0.5) is 11.4 Å². The summed E-state index contributed by atoms with van der Waals surface area (Å²) in [6.45, 7) is 1.87. The van der Waals surface area contributed by atoms with Crippen LogP contribution in [0, 0.1) is 6.92 Å². The van der Waals surface area contributed by atoms with Crippen molar-refractivity contribution >= 4 is 40.5 Å². The van der Waals surface area contributed by atoms with Crippen LogP contribution in [0.3, 0.4) is 0 Å². The third-order valence-corrected chi connectivity index (χ3v) is 3.27. The molecule has 3 nitrogen and oxygen atoms in total. The molecule has 3 N–H and O–H groups in total. The number of rotatable bonds is 2. The van der Waals surface area contributed by atoms with Gasteiger partial charge in [-0.05, 0) is 48.9 Å². The van der Waals surface area contributed by atoms with Crippen LogP contribution in [0.15, 0.2) is 36.4 Å². The first-order valence-corrected chi connectivity index (χ1v) is 6.35. The van der Waals surface area contributed by atoms with Crippen molar-refractivity contribution in [3.8, 4) is 0 Å². The highest BCUT2D eigenvalue weighted by Crippen LogP contribution is 2.22. The standard InChI is InChI=1S/C14H12Cl2N2O/c1-8-6-10(15)3-5-13(8)18-14(19)9-2-4-11(16)12(17)7-9/h2-7H,17H2,1H3,(H,18,19). The van der Waals surface area contributed by atoms with E-state index in [1.54, 1.807) is 36.4 Å². The lowest BCUT2D eigenvalue weighted by molar-refractivity contribution is 0.102. The van der Waals surface area contributed by atoms with Gasteiger partial charge in [-0.2, -0.15) is 0 Å². The number of amides is 1. The summed E-state index contributed by atoms with van der Waals surface area (Å²) >= 11 is 11.7. The van der Waals surface area contributed by atoms with Crippen molar-refractivity contribution < 1.29 is 4.79 Å². The van der Waals surface area contributed by atoms with E-state index in [1.165, 1.54) is 0 Å². The zero-order valence-corrected chi connectivity index (χ0v) is 11.7. The van der Waals surface area contributed by atoms with Gasteiger partial charge in [-0.1, -0.05) is 23.2 Å². The van der Waals surface area contributed by atoms with Crippen molar-refractivity contribution in [1.29, 1.82) is 0 Å². The van der Waals surface area contributed by atoms with Crippen molar-refractivity contribution in [2.24, 2.45) is 0 Å². The van der Waals surface area contributed by atoms with E-state index in [-0.39, 0.29) is 5.91 Å². The Morgan fingerprint density at radius 2 is 1.89 bits per heavy atom. The highest BCUT2D eigenvalue weighted by molar-refractivity contribution is 6.33. The summed E-state index contributed by atoms with van der Waals surface area (Å²) in [6.07, 6.45) is 0. The lowest BCUT2D eigenvalue weighted by Gasteiger charge is -2.09. The Balaban J connectivity index is 2.23. The number of carbonyl (C=O) groups is 1. The van der Waals surface area contributed by atoms with E-state index < -0.39 is 0 Å². The van der Waals surface area contributed by atoms with E-state index in [2.05, 4.69) is 5.32 Å². The highest BCUT2D eigenvalue weighted by atomic mass is 35.5. The van der Waals surface area contributed by atoms with Crippen LogP contribution in [0.1, 0.15) is 15.9 Å². The predicted molar refractivity (Wildman–Crippen MR) is 80.0 cm³/mol. The zero-order valence-electron chi connectivity index (χ0n) is 10.2. The van der Waals surface area contributed by atoms with Crippen molar-refractivity contribution in [3.05, 3.63) is 57.6 Å². The molecule has 0 atom stereocenters. The number of nitrogen functional groups attached to an aromatic ring is 1. The molecule has 5 heteroatoms. The van der Waals surface area contributed by atoms with Gasteiger partial charge in [0.2, 0.25) is 0 Å². The molecule has 0 saturated carbocycles. The summed E-state index contributed by atoms with van der Waals surface area (Å²) in [5.74, 6) is -0.242. The molecule has 0 aliphatic rings. The second-order valence-electron chi connectivity index (χ2n) is 4.15. The first kappa shape index (κ1) is 13.7. The molecule has 1 amide bonds. The maximum atomic E-state index is 12.1. The second kappa shape index (κ2) is 5.51. The first-order valence-electron chi connectivity index (χ1n) is 5.60. The summed E-state index contributed by atoms with van der Waals surface area (Å²) < 4.78 is 0. The average molecular weight is 295 g/mol. The van der Waals surface area contributed by atoms with Crippen molar-refractivity contribution in [1.82, 2.24) is 0 Å². The molecule has 0 aromatic heterocycles. The largest absolute Gasteiger partial charge is 0.398 e. The maximum Gasteiger partial charge on any atom is 0.255 e. The van der Waals surface area contributed by atoms with Crippen LogP contribution in [-0.2, 0) is 0 Å². The van der Waals surface area contributed by atoms with Gasteiger partial charge in [0.05, 0.1) is 10.7 Å². The third kappa shape index (κ3) is 3.19. The van der Waals surface area contributed by atoms with Gasteiger partial charge in [-0.15, -0.1) is 0 Å². The fraction of sp³-hybridized carbons (Fsp3) is 0.0714. The quantitative estimate of drug-likeness (QED) is 0.818. The Hall–Kier alpha value is -1.71. The minimum absolute atomic E-state index is 0.242. The number of aryl methyl sites for hydroxylation is 1. The van der Waals surface area contributed by atoms with Crippen molar-refractivity contribution in [2.45, 2.75) is 6.92 Å². The van der Waals surface area contributed by atoms with Gasteiger partial charge in [-0.25, -0.2) is 0 Å². The van der Waals surface area contributed by atoms with Gasteiger partial charge in [-0.3, -0.25) is 4.79 Å². The number of hydrogen-bond donors (Lipinski definition) is 2. The fourth-order valence-electron chi connectivity index (χ4n) is 1.65. The van der Waals surface area contributed by atoms with E-state index in [1.807, 2.05) is 6.92 Å². The van der Waals surface area contributed by atoms with Gasteiger partial charge in [0.25, 0.3) is 5.91 Å². The fourth-order valence-corrected chi connectivity index (χ4v) is 1.99. The van der Waals surface area contributed by atoms with E-state index >= 15 is 0 Å². The zero-order chi connectivity index (χ0) is 14.0.